The standard InChI is InChI=1S/C30H34F5N5O5S/c1-18(45-46(42,43)30(33,34)35)27(32)44-25-7-4-6-20-15-24(40(26(20)25)16-19-8-9-19)29-37-23-14-21(17-41)22(36-28(23)39(29)3)10-13-38(2)12-5-11-31/h4,6-7,14-15,17-19,27H,5,8-13,16H2,1-3H3. The average molecular weight is 672 g/mol. The molecule has 1 aliphatic carbocycles. The van der Waals surface area contributed by atoms with Crippen molar-refractivity contribution in [1.29, 1.82) is 0 Å². The van der Waals surface area contributed by atoms with Gasteiger partial charge in [-0.2, -0.15) is 26.0 Å². The predicted octanol–water partition coefficient (Wildman–Crippen LogP) is 5.58. The van der Waals surface area contributed by atoms with Gasteiger partial charge in [0.25, 0.3) is 6.36 Å². The maximum Gasteiger partial charge on any atom is 0.523 e. The average Bonchev–Trinajstić information content (AvgIpc) is 3.67. The summed E-state index contributed by atoms with van der Waals surface area (Å²) in [5.41, 5.74) is -2.65. The van der Waals surface area contributed by atoms with E-state index >= 15 is 4.39 Å². The number of hydrogen-bond donors (Lipinski definition) is 0. The van der Waals surface area contributed by atoms with Crippen LogP contribution >= 0.6 is 0 Å². The molecule has 3 aromatic heterocycles. The molecule has 0 saturated heterocycles. The molecule has 0 N–H and O–H groups in total. The lowest BCUT2D eigenvalue weighted by Crippen LogP contribution is -2.35. The fourth-order valence-electron chi connectivity index (χ4n) is 5.27. The van der Waals surface area contributed by atoms with E-state index in [-0.39, 0.29) is 5.75 Å². The molecular formula is C30H34F5N5O5S. The molecular weight excluding hydrogens is 637 g/mol. The van der Waals surface area contributed by atoms with Crippen LogP contribution in [0.5, 0.6) is 5.75 Å². The summed E-state index contributed by atoms with van der Waals surface area (Å²) >= 11 is 0. The summed E-state index contributed by atoms with van der Waals surface area (Å²) in [5, 5.41) is 0.627. The number of halogens is 5. The molecule has 1 aliphatic rings. The highest BCUT2D eigenvalue weighted by Gasteiger charge is 2.49. The first-order valence-corrected chi connectivity index (χ1v) is 16.1. The van der Waals surface area contributed by atoms with E-state index in [0.29, 0.717) is 83.2 Å². The lowest BCUT2D eigenvalue weighted by molar-refractivity contribution is -0.0712. The number of ether oxygens (including phenoxy) is 1. The van der Waals surface area contributed by atoms with E-state index in [1.807, 2.05) is 22.6 Å². The Bertz CT molecular complexity index is 1840. The molecule has 2 unspecified atom stereocenters. The Morgan fingerprint density at radius 2 is 1.91 bits per heavy atom. The van der Waals surface area contributed by atoms with Crippen molar-refractivity contribution in [2.45, 2.75) is 57.1 Å². The van der Waals surface area contributed by atoms with E-state index in [0.717, 1.165) is 26.1 Å². The Morgan fingerprint density at radius 3 is 2.57 bits per heavy atom. The molecule has 2 atom stereocenters. The summed E-state index contributed by atoms with van der Waals surface area (Å²) in [6.07, 6.45) is -1.12. The van der Waals surface area contributed by atoms with Crippen LogP contribution in [0, 0.1) is 5.92 Å². The monoisotopic (exact) mass is 671 g/mol. The molecule has 0 aliphatic heterocycles. The van der Waals surface area contributed by atoms with Crippen molar-refractivity contribution in [2.75, 3.05) is 26.8 Å². The first-order chi connectivity index (χ1) is 21.7. The number of rotatable bonds is 15. The van der Waals surface area contributed by atoms with Crippen molar-refractivity contribution in [3.8, 4) is 17.3 Å². The van der Waals surface area contributed by atoms with E-state index in [1.54, 1.807) is 29.8 Å². The number of carbonyl (C=O) groups is 1. The Balaban J connectivity index is 1.52. The van der Waals surface area contributed by atoms with Gasteiger partial charge in [0.1, 0.15) is 17.4 Å². The van der Waals surface area contributed by atoms with Gasteiger partial charge in [-0.1, -0.05) is 12.1 Å². The lowest BCUT2D eigenvalue weighted by atomic mass is 10.1. The van der Waals surface area contributed by atoms with E-state index in [9.17, 15) is 30.8 Å². The summed E-state index contributed by atoms with van der Waals surface area (Å²) in [7, 11) is -2.39. The maximum atomic E-state index is 15.1. The van der Waals surface area contributed by atoms with Crippen LogP contribution in [0.15, 0.2) is 30.3 Å². The third-order valence-corrected chi connectivity index (χ3v) is 9.03. The third-order valence-electron chi connectivity index (χ3n) is 7.91. The number of alkyl halides is 5. The summed E-state index contributed by atoms with van der Waals surface area (Å²) in [6.45, 7) is 2.08. The molecule has 1 aromatic carbocycles. The lowest BCUT2D eigenvalue weighted by Gasteiger charge is -2.20. The first kappa shape index (κ1) is 33.7. The number of likely N-dealkylation sites (N-methyl/N-ethyl adjacent to an activating group) is 1. The Hall–Kier alpha value is -3.63. The van der Waals surface area contributed by atoms with Crippen molar-refractivity contribution in [1.82, 2.24) is 24.0 Å². The van der Waals surface area contributed by atoms with Gasteiger partial charge in [-0.25, -0.2) is 9.97 Å². The number of hydrogen-bond acceptors (Lipinski definition) is 8. The van der Waals surface area contributed by atoms with Gasteiger partial charge in [0.15, 0.2) is 17.8 Å². The zero-order valence-electron chi connectivity index (χ0n) is 25.4. The summed E-state index contributed by atoms with van der Waals surface area (Å²) in [4.78, 5) is 23.5. The van der Waals surface area contributed by atoms with Crippen molar-refractivity contribution >= 4 is 38.5 Å². The summed E-state index contributed by atoms with van der Waals surface area (Å²) in [5.74, 6) is 0.804. The van der Waals surface area contributed by atoms with Gasteiger partial charge in [0, 0.05) is 44.1 Å². The number of nitrogens with zero attached hydrogens (tertiary/aromatic N) is 5. The largest absolute Gasteiger partial charge is 0.523 e. The van der Waals surface area contributed by atoms with Crippen LogP contribution in [0.4, 0.5) is 22.0 Å². The van der Waals surface area contributed by atoms with Crippen LogP contribution in [-0.2, 0) is 34.3 Å². The smallest absolute Gasteiger partial charge is 0.455 e. The molecule has 0 bridgehead atoms. The number of aromatic nitrogens is 4. The van der Waals surface area contributed by atoms with Gasteiger partial charge in [-0.3, -0.25) is 13.4 Å². The van der Waals surface area contributed by atoms with Crippen LogP contribution in [0.25, 0.3) is 33.6 Å². The number of imidazole rings is 1. The minimum absolute atomic E-state index is 0.0175. The maximum absolute atomic E-state index is 15.1. The van der Waals surface area contributed by atoms with Crippen LogP contribution in [0.2, 0.25) is 0 Å². The van der Waals surface area contributed by atoms with Gasteiger partial charge in [-0.05, 0) is 57.4 Å². The van der Waals surface area contributed by atoms with E-state index in [2.05, 4.69) is 4.18 Å². The molecule has 46 heavy (non-hydrogen) atoms. The second-order valence-electron chi connectivity index (χ2n) is 11.5. The minimum Gasteiger partial charge on any atom is -0.455 e. The van der Waals surface area contributed by atoms with E-state index < -0.39 is 34.8 Å². The molecule has 1 fully saturated rings. The molecule has 0 amide bonds. The second kappa shape index (κ2) is 13.2. The van der Waals surface area contributed by atoms with Crippen LogP contribution < -0.4 is 4.74 Å². The molecule has 4 aromatic rings. The van der Waals surface area contributed by atoms with Gasteiger partial charge in [-0.15, -0.1) is 0 Å². The highest BCUT2D eigenvalue weighted by atomic mass is 32.2. The first-order valence-electron chi connectivity index (χ1n) is 14.7. The van der Waals surface area contributed by atoms with Gasteiger partial charge in [0.05, 0.1) is 23.6 Å². The fourth-order valence-corrected chi connectivity index (χ4v) is 5.86. The predicted molar refractivity (Wildman–Crippen MR) is 160 cm³/mol. The van der Waals surface area contributed by atoms with Gasteiger partial charge in [0.2, 0.25) is 0 Å². The van der Waals surface area contributed by atoms with Crippen molar-refractivity contribution < 1.29 is 44.1 Å². The number of aldehydes is 1. The summed E-state index contributed by atoms with van der Waals surface area (Å²) in [6, 6.07) is 8.28. The summed E-state index contributed by atoms with van der Waals surface area (Å²) < 4.78 is 102. The fraction of sp³-hybridized carbons (Fsp3) is 0.500. The van der Waals surface area contributed by atoms with Crippen LogP contribution in [-0.4, -0.2) is 83.5 Å². The zero-order valence-corrected chi connectivity index (χ0v) is 26.2. The second-order valence-corrected chi connectivity index (χ2v) is 13.1. The number of fused-ring (bicyclic) bond motifs is 2. The number of carbonyl (C=O) groups excluding carboxylic acids is 1. The number of pyridine rings is 1. The van der Waals surface area contributed by atoms with E-state index in [1.165, 1.54) is 6.07 Å². The quantitative estimate of drug-likeness (QED) is 0.0699. The van der Waals surface area contributed by atoms with Crippen molar-refractivity contribution in [3.63, 3.8) is 0 Å². The topological polar surface area (TPSA) is 109 Å². The van der Waals surface area contributed by atoms with Crippen LogP contribution in [0.3, 0.4) is 0 Å². The minimum atomic E-state index is -6.04. The van der Waals surface area contributed by atoms with E-state index in [4.69, 9.17) is 14.7 Å². The highest BCUT2D eigenvalue weighted by Crippen LogP contribution is 2.40. The molecule has 5 rings (SSSR count). The number of benzene rings is 1. The van der Waals surface area contributed by atoms with Gasteiger partial charge < -0.3 is 18.8 Å². The van der Waals surface area contributed by atoms with Crippen LogP contribution in [0.1, 0.15) is 42.2 Å². The van der Waals surface area contributed by atoms with Crippen molar-refractivity contribution in [3.05, 3.63) is 41.6 Å². The molecule has 0 spiro atoms. The molecule has 0 radical (unpaired) electrons. The van der Waals surface area contributed by atoms with Gasteiger partial charge >= 0.3 is 15.6 Å². The third kappa shape index (κ3) is 7.03. The number of aryl methyl sites for hydroxylation is 1. The number of para-hydroxylation sites is 1. The molecule has 250 valence electrons. The Morgan fingerprint density at radius 1 is 1.17 bits per heavy atom. The Labute approximate surface area is 262 Å². The molecule has 16 heteroatoms. The van der Waals surface area contributed by atoms with Crippen molar-refractivity contribution in [2.24, 2.45) is 13.0 Å². The molecule has 1 saturated carbocycles. The molecule has 3 heterocycles. The molecule has 10 nitrogen and oxygen atoms in total. The Kier molecular flexibility index (Phi) is 9.70. The normalized spacial score (nSPS) is 15.6. The zero-order chi connectivity index (χ0) is 33.4. The highest BCUT2D eigenvalue weighted by molar-refractivity contribution is 7.87. The SMILES string of the molecule is CC(OS(=O)(=O)C(F)(F)F)C(F)Oc1cccc2cc(-c3nc4cc(C=O)c(CCN(C)CCCF)nc4n3C)n(CC3CC3)c12.